The van der Waals surface area contributed by atoms with Crippen molar-refractivity contribution in [2.45, 2.75) is 6.92 Å². The van der Waals surface area contributed by atoms with Crippen LogP contribution in [0, 0.1) is 6.92 Å². The van der Waals surface area contributed by atoms with Gasteiger partial charge in [-0.15, -0.1) is 0 Å². The average molecular weight is 242 g/mol. The number of aryl methyl sites for hydroxylation is 1. The van der Waals surface area contributed by atoms with Crippen LogP contribution in [-0.2, 0) is 0 Å². The van der Waals surface area contributed by atoms with Gasteiger partial charge < -0.3 is 9.84 Å². The fraction of sp³-hybridized carbons (Fsp3) is 0.0833. The summed E-state index contributed by atoms with van der Waals surface area (Å²) in [6, 6.07) is 7.08. The number of nitrogens with zero attached hydrogens (tertiary/aromatic N) is 2. The average Bonchev–Trinajstić information content (AvgIpc) is 2.96. The van der Waals surface area contributed by atoms with Gasteiger partial charge in [0.25, 0.3) is 5.91 Å². The molecule has 0 radical (unpaired) electrons. The van der Waals surface area contributed by atoms with E-state index >= 15 is 0 Å². The monoisotopic (exact) mass is 242 g/mol. The van der Waals surface area contributed by atoms with Crippen LogP contribution in [0.15, 0.2) is 35.0 Å². The van der Waals surface area contributed by atoms with Gasteiger partial charge in [0, 0.05) is 17.1 Å². The lowest BCUT2D eigenvalue weighted by Crippen LogP contribution is -2.11. The molecule has 0 aliphatic carbocycles. The maximum absolute atomic E-state index is 11.8. The molecule has 0 saturated carbocycles. The van der Waals surface area contributed by atoms with E-state index < -0.39 is 0 Å². The van der Waals surface area contributed by atoms with Crippen molar-refractivity contribution in [1.29, 1.82) is 0 Å². The van der Waals surface area contributed by atoms with Crippen molar-refractivity contribution in [3.8, 4) is 0 Å². The number of carbonyl (C=O) groups is 1. The lowest BCUT2D eigenvalue weighted by Gasteiger charge is -2.02. The van der Waals surface area contributed by atoms with E-state index in [1.165, 1.54) is 0 Å². The summed E-state index contributed by atoms with van der Waals surface area (Å²) in [6.45, 7) is 1.74. The summed E-state index contributed by atoms with van der Waals surface area (Å²) in [4.78, 5) is 11.8. The van der Waals surface area contributed by atoms with Crippen molar-refractivity contribution < 1.29 is 9.32 Å². The molecule has 0 saturated heterocycles. The van der Waals surface area contributed by atoms with E-state index in [-0.39, 0.29) is 11.6 Å². The fourth-order valence-electron chi connectivity index (χ4n) is 1.69. The Morgan fingerprint density at radius 1 is 1.39 bits per heavy atom. The number of carbonyl (C=O) groups excluding carboxylic acids is 1. The number of hydrogen-bond acceptors (Lipinski definition) is 4. The Labute approximate surface area is 102 Å². The fourth-order valence-corrected chi connectivity index (χ4v) is 1.69. The van der Waals surface area contributed by atoms with Crippen LogP contribution in [0.25, 0.3) is 10.9 Å². The molecular formula is C12H10N4O2. The largest absolute Gasteiger partial charge is 0.361 e. The number of nitrogens with one attached hydrogen (secondary N) is 2. The Morgan fingerprint density at radius 2 is 2.28 bits per heavy atom. The maximum atomic E-state index is 11.8. The summed E-state index contributed by atoms with van der Waals surface area (Å²) in [5.41, 5.74) is 1.87. The van der Waals surface area contributed by atoms with Gasteiger partial charge in [-0.1, -0.05) is 5.16 Å². The number of hydrogen-bond donors (Lipinski definition) is 2. The quantitative estimate of drug-likeness (QED) is 0.720. The van der Waals surface area contributed by atoms with Gasteiger partial charge in [0.1, 0.15) is 5.76 Å². The molecule has 0 atom stereocenters. The molecule has 0 aliphatic heterocycles. The van der Waals surface area contributed by atoms with Crippen LogP contribution in [-0.4, -0.2) is 21.3 Å². The van der Waals surface area contributed by atoms with Crippen LogP contribution in [0.2, 0.25) is 0 Å². The predicted molar refractivity (Wildman–Crippen MR) is 65.3 cm³/mol. The molecule has 18 heavy (non-hydrogen) atoms. The second kappa shape index (κ2) is 3.99. The highest BCUT2D eigenvalue weighted by Gasteiger charge is 2.11. The molecule has 1 aromatic carbocycles. The number of amides is 1. The van der Waals surface area contributed by atoms with Crippen molar-refractivity contribution in [1.82, 2.24) is 15.4 Å². The molecule has 0 aliphatic rings. The van der Waals surface area contributed by atoms with Gasteiger partial charge in [0.05, 0.1) is 11.7 Å². The molecule has 2 aromatic heterocycles. The number of aromatic amines is 1. The molecule has 6 heteroatoms. The van der Waals surface area contributed by atoms with E-state index in [9.17, 15) is 4.79 Å². The molecule has 6 nitrogen and oxygen atoms in total. The molecule has 2 N–H and O–H groups in total. The van der Waals surface area contributed by atoms with E-state index in [4.69, 9.17) is 4.52 Å². The number of rotatable bonds is 2. The van der Waals surface area contributed by atoms with Gasteiger partial charge in [0.2, 0.25) is 0 Å². The molecule has 1 amide bonds. The first kappa shape index (κ1) is 10.5. The second-order valence-electron chi connectivity index (χ2n) is 3.95. The van der Waals surface area contributed by atoms with Gasteiger partial charge in [-0.25, -0.2) is 0 Å². The van der Waals surface area contributed by atoms with Crippen LogP contribution in [0.4, 0.5) is 5.69 Å². The summed E-state index contributed by atoms with van der Waals surface area (Å²) >= 11 is 0. The predicted octanol–water partition coefficient (Wildman–Crippen LogP) is 2.11. The zero-order valence-corrected chi connectivity index (χ0v) is 9.60. The summed E-state index contributed by atoms with van der Waals surface area (Å²) in [5, 5.41) is 14.1. The molecule has 3 rings (SSSR count). The highest BCUT2D eigenvalue weighted by Crippen LogP contribution is 2.17. The Morgan fingerprint density at radius 3 is 3.06 bits per heavy atom. The minimum Gasteiger partial charge on any atom is -0.361 e. The minimum absolute atomic E-state index is 0.264. The number of H-pyrrole nitrogens is 1. The lowest BCUT2D eigenvalue weighted by atomic mass is 10.2. The lowest BCUT2D eigenvalue weighted by molar-refractivity contribution is 0.101. The highest BCUT2D eigenvalue weighted by atomic mass is 16.5. The first-order chi connectivity index (χ1) is 8.72. The maximum Gasteiger partial charge on any atom is 0.277 e. The molecule has 2 heterocycles. The van der Waals surface area contributed by atoms with Gasteiger partial charge in [-0.05, 0) is 25.1 Å². The van der Waals surface area contributed by atoms with Crippen molar-refractivity contribution in [3.63, 3.8) is 0 Å². The van der Waals surface area contributed by atoms with Crippen molar-refractivity contribution >= 4 is 22.5 Å². The topological polar surface area (TPSA) is 83.8 Å². The summed E-state index contributed by atoms with van der Waals surface area (Å²) in [5.74, 6) is 0.306. The van der Waals surface area contributed by atoms with Crippen LogP contribution in [0.5, 0.6) is 0 Å². The van der Waals surface area contributed by atoms with E-state index in [0.29, 0.717) is 11.4 Å². The van der Waals surface area contributed by atoms with E-state index in [1.807, 2.05) is 12.1 Å². The minimum atomic E-state index is -0.297. The Bertz CT molecular complexity index is 714. The molecule has 0 spiro atoms. The highest BCUT2D eigenvalue weighted by molar-refractivity contribution is 6.03. The van der Waals surface area contributed by atoms with Crippen molar-refractivity contribution in [2.75, 3.05) is 5.32 Å². The molecule has 0 bridgehead atoms. The normalized spacial score (nSPS) is 10.7. The van der Waals surface area contributed by atoms with Crippen LogP contribution >= 0.6 is 0 Å². The standard InChI is InChI=1S/C12H10N4O2/c1-7-4-11(16-18-7)12(17)14-9-2-3-10-8(5-9)6-13-15-10/h2-6H,1H3,(H,13,15)(H,14,17). The third-order valence-corrected chi connectivity index (χ3v) is 2.56. The Hall–Kier alpha value is -2.63. The van der Waals surface area contributed by atoms with E-state index in [0.717, 1.165) is 10.9 Å². The van der Waals surface area contributed by atoms with E-state index in [2.05, 4.69) is 20.7 Å². The van der Waals surface area contributed by atoms with Gasteiger partial charge in [0.15, 0.2) is 5.69 Å². The smallest absolute Gasteiger partial charge is 0.277 e. The number of anilines is 1. The first-order valence-electron chi connectivity index (χ1n) is 5.40. The van der Waals surface area contributed by atoms with Gasteiger partial charge in [-0.3, -0.25) is 9.89 Å². The third kappa shape index (κ3) is 1.84. The third-order valence-electron chi connectivity index (χ3n) is 2.56. The molecular weight excluding hydrogens is 232 g/mol. The second-order valence-corrected chi connectivity index (χ2v) is 3.95. The number of aromatic nitrogens is 3. The summed E-state index contributed by atoms with van der Waals surface area (Å²) < 4.78 is 4.86. The van der Waals surface area contributed by atoms with Crippen molar-refractivity contribution in [2.24, 2.45) is 0 Å². The van der Waals surface area contributed by atoms with E-state index in [1.54, 1.807) is 25.3 Å². The Kier molecular flexibility index (Phi) is 2.33. The van der Waals surface area contributed by atoms with Crippen LogP contribution in [0.3, 0.4) is 0 Å². The molecule has 90 valence electrons. The number of fused-ring (bicyclic) bond motifs is 1. The SMILES string of the molecule is Cc1cc(C(=O)Nc2ccc3[nH]ncc3c2)no1. The number of benzene rings is 1. The molecule has 3 aromatic rings. The Balaban J connectivity index is 1.85. The van der Waals surface area contributed by atoms with Crippen LogP contribution in [0.1, 0.15) is 16.2 Å². The van der Waals surface area contributed by atoms with Crippen LogP contribution < -0.4 is 5.32 Å². The zero-order chi connectivity index (χ0) is 12.5. The van der Waals surface area contributed by atoms with Gasteiger partial charge in [-0.2, -0.15) is 5.10 Å². The summed E-state index contributed by atoms with van der Waals surface area (Å²) in [6.07, 6.45) is 1.70. The summed E-state index contributed by atoms with van der Waals surface area (Å²) in [7, 11) is 0. The molecule has 0 fully saturated rings. The van der Waals surface area contributed by atoms with Gasteiger partial charge >= 0.3 is 0 Å². The zero-order valence-electron chi connectivity index (χ0n) is 9.60. The first-order valence-corrected chi connectivity index (χ1v) is 5.40. The molecule has 0 unspecified atom stereocenters. The van der Waals surface area contributed by atoms with Crippen molar-refractivity contribution in [3.05, 3.63) is 41.9 Å².